The molecule has 0 fully saturated rings. The quantitative estimate of drug-likeness (QED) is 0.597. The standard InChI is InChI=1S/C8H6N2O2/c11-6-3-1-2-5-8(6)9-4-7(12)10-5/h1-4,11H,(H,10,12). The summed E-state index contributed by atoms with van der Waals surface area (Å²) >= 11 is 0. The van der Waals surface area contributed by atoms with Crippen molar-refractivity contribution in [3.05, 3.63) is 34.7 Å². The molecule has 0 saturated heterocycles. The van der Waals surface area contributed by atoms with E-state index < -0.39 is 0 Å². The number of aromatic nitrogens is 2. The van der Waals surface area contributed by atoms with Crippen molar-refractivity contribution in [1.29, 1.82) is 0 Å². The molecule has 0 spiro atoms. The molecule has 60 valence electrons. The van der Waals surface area contributed by atoms with Crippen molar-refractivity contribution in [3.63, 3.8) is 0 Å². The molecule has 2 N–H and O–H groups in total. The number of rotatable bonds is 0. The molecular weight excluding hydrogens is 156 g/mol. The Morgan fingerprint density at radius 3 is 3.08 bits per heavy atom. The molecule has 0 amide bonds. The highest BCUT2D eigenvalue weighted by Gasteiger charge is 1.99. The lowest BCUT2D eigenvalue weighted by molar-refractivity contribution is 0.480. The van der Waals surface area contributed by atoms with Crippen molar-refractivity contribution in [1.82, 2.24) is 9.97 Å². The third-order valence-electron chi connectivity index (χ3n) is 1.58. The van der Waals surface area contributed by atoms with E-state index >= 15 is 0 Å². The number of phenolic OH excluding ortho intramolecular Hbond substituents is 1. The van der Waals surface area contributed by atoms with E-state index in [1.165, 1.54) is 6.07 Å². The van der Waals surface area contributed by atoms with Gasteiger partial charge in [0.05, 0.1) is 11.7 Å². The molecule has 0 unspecified atom stereocenters. The summed E-state index contributed by atoms with van der Waals surface area (Å²) in [4.78, 5) is 17.1. The molecule has 12 heavy (non-hydrogen) atoms. The highest BCUT2D eigenvalue weighted by atomic mass is 16.3. The Balaban J connectivity index is 2.96. The van der Waals surface area contributed by atoms with Gasteiger partial charge in [0.15, 0.2) is 0 Å². The van der Waals surface area contributed by atoms with Crippen LogP contribution in [0.4, 0.5) is 0 Å². The van der Waals surface area contributed by atoms with Crippen LogP contribution in [0, 0.1) is 0 Å². The first-order valence-corrected chi connectivity index (χ1v) is 3.44. The third kappa shape index (κ3) is 0.934. The highest BCUT2D eigenvalue weighted by Crippen LogP contribution is 2.17. The monoisotopic (exact) mass is 162 g/mol. The maximum Gasteiger partial charge on any atom is 0.266 e. The van der Waals surface area contributed by atoms with Gasteiger partial charge >= 0.3 is 0 Å². The third-order valence-corrected chi connectivity index (χ3v) is 1.58. The van der Waals surface area contributed by atoms with Crippen molar-refractivity contribution in [3.8, 4) is 5.75 Å². The summed E-state index contributed by atoms with van der Waals surface area (Å²) in [6.45, 7) is 0. The maximum atomic E-state index is 10.8. The topological polar surface area (TPSA) is 66.0 Å². The summed E-state index contributed by atoms with van der Waals surface area (Å²) < 4.78 is 0. The van der Waals surface area contributed by atoms with Crippen molar-refractivity contribution in [2.45, 2.75) is 0 Å². The van der Waals surface area contributed by atoms with E-state index in [4.69, 9.17) is 0 Å². The van der Waals surface area contributed by atoms with E-state index in [-0.39, 0.29) is 11.3 Å². The van der Waals surface area contributed by atoms with Crippen LogP contribution in [0.5, 0.6) is 5.75 Å². The lowest BCUT2D eigenvalue weighted by Crippen LogP contribution is -2.04. The Morgan fingerprint density at radius 1 is 1.42 bits per heavy atom. The van der Waals surface area contributed by atoms with Crippen LogP contribution < -0.4 is 5.56 Å². The molecule has 2 aromatic rings. The second-order valence-electron chi connectivity index (χ2n) is 2.42. The van der Waals surface area contributed by atoms with E-state index in [1.807, 2.05) is 0 Å². The number of benzene rings is 1. The Labute approximate surface area is 67.5 Å². The van der Waals surface area contributed by atoms with Crippen molar-refractivity contribution >= 4 is 11.0 Å². The summed E-state index contributed by atoms with van der Waals surface area (Å²) in [6, 6.07) is 4.85. The zero-order chi connectivity index (χ0) is 8.55. The van der Waals surface area contributed by atoms with Gasteiger partial charge in [-0.15, -0.1) is 0 Å². The second kappa shape index (κ2) is 2.34. The van der Waals surface area contributed by atoms with E-state index in [0.29, 0.717) is 11.0 Å². The number of hydrogen-bond donors (Lipinski definition) is 2. The Kier molecular flexibility index (Phi) is 1.33. The summed E-state index contributed by atoms with van der Waals surface area (Å²) in [5, 5.41) is 9.28. The molecule has 1 aromatic carbocycles. The highest BCUT2D eigenvalue weighted by molar-refractivity contribution is 5.79. The summed E-state index contributed by atoms with van der Waals surface area (Å²) in [5.41, 5.74) is 0.688. The van der Waals surface area contributed by atoms with Gasteiger partial charge in [0, 0.05) is 0 Å². The number of phenols is 1. The number of nitrogens with one attached hydrogen (secondary N) is 1. The SMILES string of the molecule is O=c1cnc2c(O)cccc2[nH]1. The molecule has 2 rings (SSSR count). The molecule has 4 nitrogen and oxygen atoms in total. The van der Waals surface area contributed by atoms with Gasteiger partial charge < -0.3 is 10.1 Å². The second-order valence-corrected chi connectivity index (χ2v) is 2.42. The van der Waals surface area contributed by atoms with Crippen LogP contribution in [0.2, 0.25) is 0 Å². The van der Waals surface area contributed by atoms with Crippen molar-refractivity contribution in [2.75, 3.05) is 0 Å². The fraction of sp³-hybridized carbons (Fsp3) is 0. The summed E-state index contributed by atoms with van der Waals surface area (Å²) in [5.74, 6) is 0.0729. The molecule has 0 radical (unpaired) electrons. The van der Waals surface area contributed by atoms with Crippen LogP contribution in [0.1, 0.15) is 0 Å². The number of nitrogens with zero attached hydrogens (tertiary/aromatic N) is 1. The molecule has 0 aliphatic heterocycles. The smallest absolute Gasteiger partial charge is 0.266 e. The van der Waals surface area contributed by atoms with Crippen molar-refractivity contribution in [2.24, 2.45) is 0 Å². The molecule has 1 aromatic heterocycles. The Hall–Kier alpha value is -1.84. The lowest BCUT2D eigenvalue weighted by atomic mass is 10.3. The van der Waals surface area contributed by atoms with Gasteiger partial charge in [-0.25, -0.2) is 4.98 Å². The summed E-state index contributed by atoms with van der Waals surface area (Å²) in [6.07, 6.45) is 1.14. The first-order valence-electron chi connectivity index (χ1n) is 3.44. The number of hydrogen-bond acceptors (Lipinski definition) is 3. The van der Waals surface area contributed by atoms with E-state index in [0.717, 1.165) is 6.20 Å². The zero-order valence-corrected chi connectivity index (χ0v) is 6.11. The molecule has 0 bridgehead atoms. The molecule has 0 aliphatic carbocycles. The first-order chi connectivity index (χ1) is 5.77. The molecule has 0 saturated carbocycles. The van der Waals surface area contributed by atoms with Gasteiger partial charge in [-0.1, -0.05) is 6.07 Å². The lowest BCUT2D eigenvalue weighted by Gasteiger charge is -1.96. The Morgan fingerprint density at radius 2 is 2.25 bits per heavy atom. The average Bonchev–Trinajstić information content (AvgIpc) is 2.04. The molecular formula is C8H6N2O2. The van der Waals surface area contributed by atoms with E-state index in [1.54, 1.807) is 12.1 Å². The average molecular weight is 162 g/mol. The largest absolute Gasteiger partial charge is 0.506 e. The predicted octanol–water partition coefficient (Wildman–Crippen LogP) is 0.629. The fourth-order valence-electron chi connectivity index (χ4n) is 1.06. The van der Waals surface area contributed by atoms with Gasteiger partial charge in [-0.2, -0.15) is 0 Å². The van der Waals surface area contributed by atoms with Gasteiger partial charge in [-0.3, -0.25) is 4.79 Å². The van der Waals surface area contributed by atoms with Crippen LogP contribution in [0.25, 0.3) is 11.0 Å². The molecule has 0 atom stereocenters. The minimum absolute atomic E-state index is 0.0729. The first kappa shape index (κ1) is 6.84. The number of fused-ring (bicyclic) bond motifs is 1. The fourth-order valence-corrected chi connectivity index (χ4v) is 1.06. The number of H-pyrrole nitrogens is 1. The van der Waals surface area contributed by atoms with Gasteiger partial charge in [0.2, 0.25) is 0 Å². The number of aromatic amines is 1. The minimum atomic E-state index is -0.270. The number of aromatic hydroxyl groups is 1. The minimum Gasteiger partial charge on any atom is -0.506 e. The molecule has 1 heterocycles. The molecule has 4 heteroatoms. The molecule has 0 aliphatic rings. The number of para-hydroxylation sites is 1. The van der Waals surface area contributed by atoms with Gasteiger partial charge in [0.1, 0.15) is 11.3 Å². The summed E-state index contributed by atoms with van der Waals surface area (Å²) in [7, 11) is 0. The van der Waals surface area contributed by atoms with Crippen LogP contribution in [0.15, 0.2) is 29.2 Å². The Bertz CT molecular complexity index is 476. The van der Waals surface area contributed by atoms with E-state index in [9.17, 15) is 9.90 Å². The normalized spacial score (nSPS) is 10.3. The van der Waals surface area contributed by atoms with Crippen LogP contribution in [0.3, 0.4) is 0 Å². The van der Waals surface area contributed by atoms with Crippen LogP contribution >= 0.6 is 0 Å². The van der Waals surface area contributed by atoms with Gasteiger partial charge in [-0.05, 0) is 12.1 Å². The maximum absolute atomic E-state index is 10.8. The van der Waals surface area contributed by atoms with E-state index in [2.05, 4.69) is 9.97 Å². The zero-order valence-electron chi connectivity index (χ0n) is 6.11. The van der Waals surface area contributed by atoms with Gasteiger partial charge in [0.25, 0.3) is 5.56 Å². The van der Waals surface area contributed by atoms with Crippen LogP contribution in [-0.2, 0) is 0 Å². The predicted molar refractivity (Wildman–Crippen MR) is 44.0 cm³/mol. The van der Waals surface area contributed by atoms with Crippen molar-refractivity contribution < 1.29 is 5.11 Å². The van der Waals surface area contributed by atoms with Crippen LogP contribution in [-0.4, -0.2) is 15.1 Å².